The van der Waals surface area contributed by atoms with Crippen LogP contribution in [0.3, 0.4) is 0 Å². The summed E-state index contributed by atoms with van der Waals surface area (Å²) in [5.74, 6) is 1.43. The Balaban J connectivity index is 0.000000333. The molecule has 7 fully saturated rings. The Morgan fingerprint density at radius 3 is 1.38 bits per heavy atom. The molecule has 74 heavy (non-hydrogen) atoms. The molecule has 0 radical (unpaired) electrons. The number of nitrogens with zero attached hydrogens (tertiary/aromatic N) is 6. The van der Waals surface area contributed by atoms with Crippen LogP contribution in [0.15, 0.2) is 0 Å². The van der Waals surface area contributed by atoms with E-state index in [9.17, 15) is 21.4 Å². The van der Waals surface area contributed by atoms with E-state index >= 15 is 0 Å². The van der Waals surface area contributed by atoms with Gasteiger partial charge in [-0.25, -0.2) is 0 Å². The SMILES string of the molecule is CN(C)CCC[Si-]123OCC[N+]1(CCO2)CCO3.CO[Si](CCCN(C)C)(OC)OC.C[N+](C)(CCCS(=O)(=O)[O-])CCC[Si-]123OCC[N+]1(CCO2)CCO3.O=S1(=O)CCCO1.OCCN(CCO)CCO.[3H][SiH2]B=S. The second kappa shape index (κ2) is 32.0. The summed E-state index contributed by atoms with van der Waals surface area (Å²) in [4.78, 5) is 6.15. The summed E-state index contributed by atoms with van der Waals surface area (Å²) in [7, 11) is 0.940. The predicted molar refractivity (Wildman–Crippen MR) is 295 cm³/mol. The maximum atomic E-state index is 10.7. The molecule has 0 unspecified atom stereocenters. The normalized spacial score (nSPS) is 26.6. The summed E-state index contributed by atoms with van der Waals surface area (Å²) >= 11 is 4.30. The molecule has 7 aliphatic rings. The van der Waals surface area contributed by atoms with Crippen LogP contribution >= 0.6 is 12.1 Å². The van der Waals surface area contributed by atoms with E-state index in [2.05, 4.69) is 68.3 Å². The van der Waals surface area contributed by atoms with E-state index < -0.39 is 55.6 Å². The zero-order valence-electron chi connectivity index (χ0n) is 47.5. The van der Waals surface area contributed by atoms with E-state index in [1.54, 1.807) is 26.2 Å². The van der Waals surface area contributed by atoms with E-state index in [0.717, 1.165) is 144 Å². The third-order valence-corrected chi connectivity index (χ3v) is 32.0. The Hall–Kier alpha value is 0.252. The van der Waals surface area contributed by atoms with Crippen LogP contribution < -0.4 is 0 Å². The summed E-state index contributed by atoms with van der Waals surface area (Å²) in [5.41, 5.74) is 0. The summed E-state index contributed by atoms with van der Waals surface area (Å²) in [6.45, 7) is 16.8. The van der Waals surface area contributed by atoms with Crippen molar-refractivity contribution in [2.24, 2.45) is 0 Å². The average Bonchev–Trinajstić information content (AvgIpc) is 4.18. The van der Waals surface area contributed by atoms with Crippen molar-refractivity contribution in [1.29, 1.82) is 1.23 Å². The fourth-order valence-electron chi connectivity index (χ4n) is 11.2. The van der Waals surface area contributed by atoms with Crippen molar-refractivity contribution in [3.63, 3.8) is 0 Å². The minimum absolute atomic E-state index is 0.0694. The van der Waals surface area contributed by atoms with Crippen LogP contribution in [0.5, 0.6) is 0 Å². The van der Waals surface area contributed by atoms with Gasteiger partial charge in [-0.05, 0) is 33.5 Å². The summed E-state index contributed by atoms with van der Waals surface area (Å²) in [5, 5.41) is 25.5. The van der Waals surface area contributed by atoms with Gasteiger partial charge in [-0.15, -0.1) is 0 Å². The Bertz CT molecular complexity index is 1780. The molecule has 7 aliphatic heterocycles. The van der Waals surface area contributed by atoms with E-state index in [-0.39, 0.29) is 31.3 Å². The molecular weight excluding hydrogens is 1100 g/mol. The third kappa shape index (κ3) is 19.5. The van der Waals surface area contributed by atoms with Gasteiger partial charge in [-0.3, -0.25) is 9.08 Å². The molecule has 0 atom stereocenters. The number of aliphatic hydroxyl groups is 3. The average molecular weight is 1200 g/mol. The van der Waals surface area contributed by atoms with Gasteiger partial charge < -0.3 is 33.5 Å². The van der Waals surface area contributed by atoms with Gasteiger partial charge in [0.2, 0.25) is 0 Å². The van der Waals surface area contributed by atoms with E-state index in [1.165, 1.54) is 5.75 Å². The fraction of sp³-hybridized carbons (Fsp3) is 1.00. The molecule has 0 aliphatic carbocycles. The van der Waals surface area contributed by atoms with Crippen LogP contribution in [0.2, 0.25) is 18.1 Å². The van der Waals surface area contributed by atoms with Crippen LogP contribution in [-0.2, 0) is 64.3 Å². The van der Waals surface area contributed by atoms with E-state index in [4.69, 9.17) is 56.4 Å². The van der Waals surface area contributed by atoms with Gasteiger partial charge in [0.1, 0.15) is 0 Å². The molecule has 32 heteroatoms. The van der Waals surface area contributed by atoms with Crippen molar-refractivity contribution in [3.8, 4) is 0 Å². The first kappa shape index (κ1) is 68.5. The second-order valence-corrected chi connectivity index (χ2v) is 37.6. The maximum absolute atomic E-state index is 10.7. The van der Waals surface area contributed by atoms with Gasteiger partial charge in [0.05, 0.1) is 32.2 Å². The first-order chi connectivity index (χ1) is 35.3. The van der Waals surface area contributed by atoms with Crippen LogP contribution in [0.1, 0.15) is 32.1 Å². The fourth-order valence-corrected chi connectivity index (χ4v) is 25.9. The number of hydrogen-bond donors (Lipinski definition) is 3. The van der Waals surface area contributed by atoms with Crippen molar-refractivity contribution in [1.82, 2.24) is 14.7 Å². The first-order valence-corrected chi connectivity index (χ1v) is 37.2. The van der Waals surface area contributed by atoms with Crippen molar-refractivity contribution >= 4 is 73.4 Å². The second-order valence-electron chi connectivity index (χ2n) is 20.8. The van der Waals surface area contributed by atoms with Gasteiger partial charge in [0.25, 0.3) is 10.1 Å². The molecule has 0 aromatic rings. The van der Waals surface area contributed by atoms with Crippen LogP contribution in [0.4, 0.5) is 0 Å². The molecule has 0 aromatic carbocycles. The molecule has 24 nitrogen and oxygen atoms in total. The zero-order chi connectivity index (χ0) is 56.4. The molecule has 442 valence electrons. The standard InChI is InChI=1S/C14H30N2O6SSi.C11H24N2O3Si.C8H21NO3Si.C6H15NO3.C3H6O3S.BH3SSi/c1-15(2,5-3-13-23(17,18)19)6-4-14-24-16(7-10-20-24,8-11-21-24)9-12-22-24;1-12(2)4-3-11-17-13(5-8-14-17,6-9-15-17)7-10-16-17;1-9(2)7-6-8-13(10-3,11-4)12-5;8-4-1-7(2-5-9)3-6-10;4-7(5)3-1-2-6-7;2-1-3/h3-14H2,1-2H3;3-11H2,1-2H3;6-8H2,1-5H3;8-10H,1-6H2;1-3H2;3H3/i;;;;;3T. The number of aliphatic hydroxyl groups excluding tert-OH is 3. The van der Waals surface area contributed by atoms with E-state index in [0.29, 0.717) is 50.1 Å². The van der Waals surface area contributed by atoms with Crippen molar-refractivity contribution in [2.75, 3.05) is 226 Å². The Labute approximate surface area is 457 Å². The quantitative estimate of drug-likeness (QED) is 0.0360. The molecule has 7 saturated heterocycles. The first-order valence-electron chi connectivity index (χ1n) is 26.8. The summed E-state index contributed by atoms with van der Waals surface area (Å²) < 4.78 is 119. The van der Waals surface area contributed by atoms with Gasteiger partial charge in [0.15, 0.2) is 0 Å². The monoisotopic (exact) mass is 1200 g/mol. The number of hydrogen-bond acceptors (Lipinski definition) is 22. The topological polar surface area (TPSA) is 254 Å². The zero-order valence-corrected chi connectivity index (χ0v) is 53.4. The molecule has 0 bridgehead atoms. The molecule has 0 spiro atoms. The van der Waals surface area contributed by atoms with Gasteiger partial charge in [-0.2, -0.15) is 8.42 Å². The van der Waals surface area contributed by atoms with Gasteiger partial charge >= 0.3 is 286 Å². The predicted octanol–water partition coefficient (Wildman–Crippen LogP) is -2.18. The Morgan fingerprint density at radius 2 is 1.08 bits per heavy atom. The Kier molecular flexibility index (Phi) is 29.7. The minimum atomic E-state index is -4.12. The van der Waals surface area contributed by atoms with Gasteiger partial charge in [-0.1, -0.05) is 0 Å². The molecule has 7 rings (SSSR count). The van der Waals surface area contributed by atoms with Crippen LogP contribution in [0, 0.1) is 0 Å². The number of quaternary nitrogens is 3. The number of rotatable bonds is 26. The molecule has 3 N–H and O–H groups in total. The van der Waals surface area contributed by atoms with Gasteiger partial charge in [0, 0.05) is 47.0 Å². The molecular formula is C42H99BN6O18S3Si4. The molecule has 0 aromatic heterocycles. The molecule has 0 saturated carbocycles. The van der Waals surface area contributed by atoms with Crippen molar-refractivity contribution < 1.29 is 93.5 Å². The third-order valence-electron chi connectivity index (χ3n) is 15.1. The van der Waals surface area contributed by atoms with Crippen molar-refractivity contribution in [3.05, 3.63) is 0 Å². The van der Waals surface area contributed by atoms with Crippen LogP contribution in [0.25, 0.3) is 0 Å². The molecule has 0 amide bonds. The Morgan fingerprint density at radius 1 is 0.703 bits per heavy atom. The summed E-state index contributed by atoms with van der Waals surface area (Å²) in [6, 6.07) is 2.70. The van der Waals surface area contributed by atoms with Crippen LogP contribution in [-0.4, -0.2) is 333 Å². The van der Waals surface area contributed by atoms with Crippen molar-refractivity contribution in [2.45, 2.75) is 50.2 Å². The molecule has 7 heterocycles. The van der Waals surface area contributed by atoms with E-state index in [1.807, 2.05) is 0 Å². The summed E-state index contributed by atoms with van der Waals surface area (Å²) in [6.07, 6.45) is 4.12.